The number of nitrogens with zero attached hydrogens (tertiary/aromatic N) is 2. The summed E-state index contributed by atoms with van der Waals surface area (Å²) in [4.78, 5) is 0. The molecule has 102 valence electrons. The lowest BCUT2D eigenvalue weighted by atomic mass is 10.1. The Morgan fingerprint density at radius 2 is 2.11 bits per heavy atom. The maximum Gasteiger partial charge on any atom is 0.236 e. The van der Waals surface area contributed by atoms with Gasteiger partial charge in [-0.3, -0.25) is 0 Å². The number of hydrogen-bond donors (Lipinski definition) is 1. The summed E-state index contributed by atoms with van der Waals surface area (Å²) < 4.78 is 10.9. The number of aromatic nitrogens is 2. The molecule has 1 N–H and O–H groups in total. The monoisotopic (exact) mass is 254 g/mol. The van der Waals surface area contributed by atoms with E-state index in [0.29, 0.717) is 18.2 Å². The molecule has 5 nitrogen and oxygen atoms in total. The quantitative estimate of drug-likeness (QED) is 0.767. The van der Waals surface area contributed by atoms with Crippen LogP contribution >= 0.6 is 0 Å². The standard InChI is InChI=1S/C13H22N2O3/c1-4-5-12(6-7-17-3)18-13-10(2)8-11(9-16)14-15-13/h8,12,16H,4-7,9H2,1-3H3. The third-order valence-electron chi connectivity index (χ3n) is 2.68. The Balaban J connectivity index is 2.67. The molecule has 0 bridgehead atoms. The maximum absolute atomic E-state index is 8.98. The first-order valence-corrected chi connectivity index (χ1v) is 6.30. The summed E-state index contributed by atoms with van der Waals surface area (Å²) in [6.07, 6.45) is 2.96. The van der Waals surface area contributed by atoms with Crippen LogP contribution in [0.15, 0.2) is 6.07 Å². The van der Waals surface area contributed by atoms with Crippen LogP contribution in [0.4, 0.5) is 0 Å². The Bertz CT molecular complexity index is 358. The Hall–Kier alpha value is -1.20. The molecule has 1 heterocycles. The van der Waals surface area contributed by atoms with Crippen molar-refractivity contribution in [3.8, 4) is 5.88 Å². The van der Waals surface area contributed by atoms with Gasteiger partial charge in [0.2, 0.25) is 5.88 Å². The van der Waals surface area contributed by atoms with E-state index in [9.17, 15) is 0 Å². The van der Waals surface area contributed by atoms with Crippen LogP contribution in [-0.4, -0.2) is 35.1 Å². The van der Waals surface area contributed by atoms with Gasteiger partial charge in [-0.1, -0.05) is 13.3 Å². The normalized spacial score (nSPS) is 12.4. The van der Waals surface area contributed by atoms with Gasteiger partial charge in [0.1, 0.15) is 6.10 Å². The van der Waals surface area contributed by atoms with Crippen LogP contribution in [0, 0.1) is 6.92 Å². The lowest BCUT2D eigenvalue weighted by Crippen LogP contribution is -2.20. The molecular formula is C13H22N2O3. The lowest BCUT2D eigenvalue weighted by molar-refractivity contribution is 0.114. The van der Waals surface area contributed by atoms with Crippen molar-refractivity contribution in [1.29, 1.82) is 0 Å². The molecule has 0 amide bonds. The molecule has 5 heteroatoms. The smallest absolute Gasteiger partial charge is 0.236 e. The van der Waals surface area contributed by atoms with Gasteiger partial charge in [0.25, 0.3) is 0 Å². The SMILES string of the molecule is CCCC(CCOC)Oc1nnc(CO)cc1C. The molecule has 1 aromatic rings. The number of methoxy groups -OCH3 is 1. The molecule has 0 fully saturated rings. The van der Waals surface area contributed by atoms with Crippen molar-refractivity contribution in [2.24, 2.45) is 0 Å². The highest BCUT2D eigenvalue weighted by atomic mass is 16.5. The molecule has 0 aliphatic heterocycles. The summed E-state index contributed by atoms with van der Waals surface area (Å²) in [5.41, 5.74) is 1.45. The molecule has 0 saturated carbocycles. The van der Waals surface area contributed by atoms with Crippen LogP contribution < -0.4 is 4.74 Å². The van der Waals surface area contributed by atoms with Crippen molar-refractivity contribution >= 4 is 0 Å². The van der Waals surface area contributed by atoms with E-state index in [2.05, 4.69) is 17.1 Å². The van der Waals surface area contributed by atoms with E-state index in [1.165, 1.54) is 0 Å². The van der Waals surface area contributed by atoms with Gasteiger partial charge in [-0.15, -0.1) is 10.2 Å². The Kier molecular flexibility index (Phi) is 6.60. The summed E-state index contributed by atoms with van der Waals surface area (Å²) >= 11 is 0. The summed E-state index contributed by atoms with van der Waals surface area (Å²) in [6, 6.07) is 1.79. The van der Waals surface area contributed by atoms with E-state index in [4.69, 9.17) is 14.6 Å². The fraction of sp³-hybridized carbons (Fsp3) is 0.692. The minimum Gasteiger partial charge on any atom is -0.473 e. The molecule has 0 aromatic carbocycles. The minimum atomic E-state index is -0.101. The lowest BCUT2D eigenvalue weighted by Gasteiger charge is -2.18. The second-order valence-corrected chi connectivity index (χ2v) is 4.29. The van der Waals surface area contributed by atoms with Crippen LogP contribution in [0.5, 0.6) is 5.88 Å². The van der Waals surface area contributed by atoms with E-state index in [1.54, 1.807) is 13.2 Å². The first kappa shape index (κ1) is 14.9. The van der Waals surface area contributed by atoms with E-state index >= 15 is 0 Å². The van der Waals surface area contributed by atoms with Crippen molar-refractivity contribution in [3.05, 3.63) is 17.3 Å². The predicted octanol–water partition coefficient (Wildman–Crippen LogP) is 1.86. The van der Waals surface area contributed by atoms with Gasteiger partial charge < -0.3 is 14.6 Å². The number of aliphatic hydroxyl groups is 1. The summed E-state index contributed by atoms with van der Waals surface area (Å²) in [6.45, 7) is 4.60. The van der Waals surface area contributed by atoms with Gasteiger partial charge in [-0.25, -0.2) is 0 Å². The Morgan fingerprint density at radius 3 is 2.67 bits per heavy atom. The molecule has 1 atom stereocenters. The molecule has 0 aliphatic rings. The fourth-order valence-corrected chi connectivity index (χ4v) is 1.71. The summed E-state index contributed by atoms with van der Waals surface area (Å²) in [5.74, 6) is 0.543. The van der Waals surface area contributed by atoms with Gasteiger partial charge in [-0.05, 0) is 19.4 Å². The van der Waals surface area contributed by atoms with Crippen LogP contribution in [-0.2, 0) is 11.3 Å². The summed E-state index contributed by atoms with van der Waals surface area (Å²) in [5, 5.41) is 16.9. The van der Waals surface area contributed by atoms with Gasteiger partial charge in [0, 0.05) is 25.7 Å². The molecule has 0 aliphatic carbocycles. The molecule has 1 unspecified atom stereocenters. The van der Waals surface area contributed by atoms with Crippen molar-refractivity contribution in [3.63, 3.8) is 0 Å². The van der Waals surface area contributed by atoms with Gasteiger partial charge in [0.05, 0.1) is 12.3 Å². The Morgan fingerprint density at radius 1 is 1.33 bits per heavy atom. The number of rotatable bonds is 8. The zero-order chi connectivity index (χ0) is 13.4. The van der Waals surface area contributed by atoms with E-state index < -0.39 is 0 Å². The highest BCUT2D eigenvalue weighted by Crippen LogP contribution is 2.18. The average molecular weight is 254 g/mol. The van der Waals surface area contributed by atoms with Gasteiger partial charge in [0.15, 0.2) is 0 Å². The number of ether oxygens (including phenoxy) is 2. The van der Waals surface area contributed by atoms with Gasteiger partial charge in [-0.2, -0.15) is 0 Å². The van der Waals surface area contributed by atoms with Crippen molar-refractivity contribution < 1.29 is 14.6 Å². The third kappa shape index (κ3) is 4.58. The van der Waals surface area contributed by atoms with Crippen LogP contribution in [0.3, 0.4) is 0 Å². The number of aryl methyl sites for hydroxylation is 1. The van der Waals surface area contributed by atoms with Crippen molar-refractivity contribution in [2.45, 2.75) is 45.8 Å². The number of hydrogen-bond acceptors (Lipinski definition) is 5. The molecule has 0 radical (unpaired) electrons. The second-order valence-electron chi connectivity index (χ2n) is 4.29. The van der Waals surface area contributed by atoms with E-state index in [-0.39, 0.29) is 12.7 Å². The highest BCUT2D eigenvalue weighted by Gasteiger charge is 2.13. The van der Waals surface area contributed by atoms with Gasteiger partial charge >= 0.3 is 0 Å². The molecular weight excluding hydrogens is 232 g/mol. The first-order chi connectivity index (χ1) is 8.71. The molecule has 0 saturated heterocycles. The zero-order valence-electron chi connectivity index (χ0n) is 11.3. The average Bonchev–Trinajstić information content (AvgIpc) is 2.38. The molecule has 0 spiro atoms. The van der Waals surface area contributed by atoms with Crippen molar-refractivity contribution in [2.75, 3.05) is 13.7 Å². The summed E-state index contributed by atoms with van der Waals surface area (Å²) in [7, 11) is 1.68. The number of aliphatic hydroxyl groups excluding tert-OH is 1. The van der Waals surface area contributed by atoms with Crippen LogP contribution in [0.25, 0.3) is 0 Å². The second kappa shape index (κ2) is 8.00. The third-order valence-corrected chi connectivity index (χ3v) is 2.68. The van der Waals surface area contributed by atoms with E-state index in [0.717, 1.165) is 24.8 Å². The maximum atomic E-state index is 8.98. The Labute approximate surface area is 108 Å². The largest absolute Gasteiger partial charge is 0.473 e. The minimum absolute atomic E-state index is 0.0999. The highest BCUT2D eigenvalue weighted by molar-refractivity contribution is 5.24. The molecule has 18 heavy (non-hydrogen) atoms. The molecule has 1 rings (SSSR count). The zero-order valence-corrected chi connectivity index (χ0v) is 11.3. The van der Waals surface area contributed by atoms with E-state index in [1.807, 2.05) is 6.92 Å². The van der Waals surface area contributed by atoms with Crippen molar-refractivity contribution in [1.82, 2.24) is 10.2 Å². The van der Waals surface area contributed by atoms with Crippen LogP contribution in [0.2, 0.25) is 0 Å². The predicted molar refractivity (Wildman–Crippen MR) is 68.5 cm³/mol. The fourth-order valence-electron chi connectivity index (χ4n) is 1.71. The first-order valence-electron chi connectivity index (χ1n) is 6.30. The topological polar surface area (TPSA) is 64.5 Å². The molecule has 1 aromatic heterocycles. The van der Waals surface area contributed by atoms with Crippen LogP contribution in [0.1, 0.15) is 37.4 Å².